The average molecular weight is 294 g/mol. The van der Waals surface area contributed by atoms with E-state index in [4.69, 9.17) is 0 Å². The standard InChI is InChI=1S/C10H15O6PS/c1-8-4-5-10(18(13,14)16-3)9(6-8)7-17(11,12)15-2/h4-6H,7H2,1-3H3,(H,11,12). The number of hydrogen-bond donors (Lipinski definition) is 1. The minimum absolute atomic E-state index is 0.123. The fraction of sp³-hybridized carbons (Fsp3) is 0.400. The van der Waals surface area contributed by atoms with Crippen LogP contribution in [0.15, 0.2) is 23.1 Å². The van der Waals surface area contributed by atoms with Gasteiger partial charge >= 0.3 is 7.60 Å². The molecule has 0 spiro atoms. The lowest BCUT2D eigenvalue weighted by Gasteiger charge is -2.13. The molecule has 1 aromatic rings. The molecule has 0 aromatic heterocycles. The van der Waals surface area contributed by atoms with Crippen LogP contribution in [0.1, 0.15) is 11.1 Å². The van der Waals surface area contributed by atoms with Crippen molar-refractivity contribution in [2.75, 3.05) is 14.2 Å². The van der Waals surface area contributed by atoms with Crippen molar-refractivity contribution in [3.8, 4) is 0 Å². The fourth-order valence-corrected chi connectivity index (χ4v) is 3.24. The van der Waals surface area contributed by atoms with Crippen LogP contribution >= 0.6 is 7.60 Å². The number of aryl methyl sites for hydroxylation is 1. The first kappa shape index (κ1) is 15.3. The van der Waals surface area contributed by atoms with E-state index in [0.717, 1.165) is 19.8 Å². The zero-order valence-corrected chi connectivity index (χ0v) is 12.0. The maximum atomic E-state index is 11.7. The van der Waals surface area contributed by atoms with Gasteiger partial charge in [0, 0.05) is 7.11 Å². The molecule has 0 heterocycles. The molecule has 0 fully saturated rings. The van der Waals surface area contributed by atoms with E-state index in [9.17, 15) is 17.9 Å². The van der Waals surface area contributed by atoms with Gasteiger partial charge in [-0.3, -0.25) is 8.75 Å². The monoisotopic (exact) mass is 294 g/mol. The van der Waals surface area contributed by atoms with Gasteiger partial charge < -0.3 is 9.42 Å². The van der Waals surface area contributed by atoms with Crippen LogP contribution in [-0.2, 0) is 29.6 Å². The maximum Gasteiger partial charge on any atom is 0.332 e. The molecule has 0 amide bonds. The Morgan fingerprint density at radius 2 is 1.94 bits per heavy atom. The first-order valence-corrected chi connectivity index (χ1v) is 8.16. The van der Waals surface area contributed by atoms with Gasteiger partial charge in [0.05, 0.1) is 18.2 Å². The van der Waals surface area contributed by atoms with Crippen molar-refractivity contribution in [1.29, 1.82) is 0 Å². The zero-order valence-electron chi connectivity index (χ0n) is 10.3. The topological polar surface area (TPSA) is 89.9 Å². The van der Waals surface area contributed by atoms with E-state index < -0.39 is 17.7 Å². The third-order valence-electron chi connectivity index (χ3n) is 2.36. The summed E-state index contributed by atoms with van der Waals surface area (Å²) >= 11 is 0. The van der Waals surface area contributed by atoms with Gasteiger partial charge in [-0.2, -0.15) is 8.42 Å². The van der Waals surface area contributed by atoms with Gasteiger partial charge in [-0.05, 0) is 18.6 Å². The van der Waals surface area contributed by atoms with Crippen LogP contribution in [0.2, 0.25) is 0 Å². The summed E-state index contributed by atoms with van der Waals surface area (Å²) in [6, 6.07) is 4.46. The van der Waals surface area contributed by atoms with E-state index in [0.29, 0.717) is 0 Å². The molecule has 0 radical (unpaired) electrons. The molecule has 0 aliphatic heterocycles. The molecular weight excluding hydrogens is 279 g/mol. The molecule has 0 bridgehead atoms. The predicted molar refractivity (Wildman–Crippen MR) is 65.9 cm³/mol. The molecule has 1 N–H and O–H groups in total. The summed E-state index contributed by atoms with van der Waals surface area (Å²) in [6.45, 7) is 1.75. The molecule has 18 heavy (non-hydrogen) atoms. The summed E-state index contributed by atoms with van der Waals surface area (Å²) in [5.74, 6) is 0. The second kappa shape index (κ2) is 5.50. The molecule has 0 aliphatic carbocycles. The Bertz CT molecular complexity index is 580. The average Bonchev–Trinajstić information content (AvgIpc) is 2.28. The Morgan fingerprint density at radius 1 is 1.33 bits per heavy atom. The molecular formula is C10H15O6PS. The quantitative estimate of drug-likeness (QED) is 0.656. The van der Waals surface area contributed by atoms with E-state index in [1.807, 2.05) is 0 Å². The molecule has 1 rings (SSSR count). The van der Waals surface area contributed by atoms with Crippen LogP contribution in [-0.4, -0.2) is 27.5 Å². The second-order valence-corrected chi connectivity index (χ2v) is 7.35. The molecule has 102 valence electrons. The van der Waals surface area contributed by atoms with Crippen LogP contribution in [0.3, 0.4) is 0 Å². The van der Waals surface area contributed by atoms with Gasteiger partial charge in [-0.15, -0.1) is 0 Å². The van der Waals surface area contributed by atoms with Crippen molar-refractivity contribution >= 4 is 17.7 Å². The van der Waals surface area contributed by atoms with Gasteiger partial charge in [0.2, 0.25) is 0 Å². The normalized spacial score (nSPS) is 15.3. The number of rotatable bonds is 5. The molecule has 0 saturated heterocycles. The van der Waals surface area contributed by atoms with Crippen LogP contribution in [0.5, 0.6) is 0 Å². The Morgan fingerprint density at radius 3 is 2.44 bits per heavy atom. The lowest BCUT2D eigenvalue weighted by molar-refractivity contribution is 0.314. The van der Waals surface area contributed by atoms with Gasteiger partial charge in [-0.1, -0.05) is 17.7 Å². The van der Waals surface area contributed by atoms with Gasteiger partial charge in [-0.25, -0.2) is 0 Å². The molecule has 6 nitrogen and oxygen atoms in total. The van der Waals surface area contributed by atoms with E-state index in [-0.39, 0.29) is 16.6 Å². The summed E-state index contributed by atoms with van der Waals surface area (Å²) in [5.41, 5.74) is 0.973. The highest BCUT2D eigenvalue weighted by molar-refractivity contribution is 7.86. The minimum atomic E-state index is -3.91. The highest BCUT2D eigenvalue weighted by atomic mass is 32.2. The largest absolute Gasteiger partial charge is 0.332 e. The molecule has 1 aromatic carbocycles. The Kier molecular flexibility index (Phi) is 4.69. The number of benzene rings is 1. The predicted octanol–water partition coefficient (Wildman–Crippen LogP) is 1.66. The van der Waals surface area contributed by atoms with E-state index >= 15 is 0 Å². The molecule has 8 heteroatoms. The maximum absolute atomic E-state index is 11.7. The van der Waals surface area contributed by atoms with Crippen LogP contribution in [0, 0.1) is 6.92 Å². The van der Waals surface area contributed by atoms with Gasteiger partial charge in [0.15, 0.2) is 0 Å². The van der Waals surface area contributed by atoms with Crippen molar-refractivity contribution in [3.63, 3.8) is 0 Å². The molecule has 0 saturated carbocycles. The Labute approximate surface area is 106 Å². The van der Waals surface area contributed by atoms with Gasteiger partial charge in [0.25, 0.3) is 10.1 Å². The van der Waals surface area contributed by atoms with Crippen molar-refractivity contribution in [2.45, 2.75) is 18.0 Å². The molecule has 1 unspecified atom stereocenters. The van der Waals surface area contributed by atoms with Crippen molar-refractivity contribution in [2.24, 2.45) is 0 Å². The summed E-state index contributed by atoms with van der Waals surface area (Å²) in [5, 5.41) is 0. The summed E-state index contributed by atoms with van der Waals surface area (Å²) in [4.78, 5) is 9.30. The smallest absolute Gasteiger partial charge is 0.324 e. The van der Waals surface area contributed by atoms with E-state index in [1.54, 1.807) is 13.0 Å². The van der Waals surface area contributed by atoms with E-state index in [2.05, 4.69) is 8.71 Å². The third-order valence-corrected chi connectivity index (χ3v) is 5.05. The van der Waals surface area contributed by atoms with Crippen LogP contribution < -0.4 is 0 Å². The first-order valence-electron chi connectivity index (χ1n) is 4.99. The third kappa shape index (κ3) is 3.63. The van der Waals surface area contributed by atoms with Crippen LogP contribution in [0.4, 0.5) is 0 Å². The molecule has 1 atom stereocenters. The Hall–Kier alpha value is -0.720. The highest BCUT2D eigenvalue weighted by Gasteiger charge is 2.25. The van der Waals surface area contributed by atoms with Gasteiger partial charge in [0.1, 0.15) is 0 Å². The van der Waals surface area contributed by atoms with Crippen molar-refractivity contribution in [1.82, 2.24) is 0 Å². The zero-order chi connectivity index (χ0) is 14.0. The summed E-state index contributed by atoms with van der Waals surface area (Å²) in [7, 11) is -5.62. The molecule has 0 aliphatic rings. The fourth-order valence-electron chi connectivity index (χ4n) is 1.45. The second-order valence-electron chi connectivity index (χ2n) is 3.71. The lowest BCUT2D eigenvalue weighted by Crippen LogP contribution is -2.07. The Balaban J connectivity index is 3.34. The highest BCUT2D eigenvalue weighted by Crippen LogP contribution is 2.45. The number of hydrogen-bond acceptors (Lipinski definition) is 5. The summed E-state index contributed by atoms with van der Waals surface area (Å²) < 4.78 is 43.7. The van der Waals surface area contributed by atoms with Crippen molar-refractivity contribution < 1.29 is 26.6 Å². The van der Waals surface area contributed by atoms with Crippen molar-refractivity contribution in [3.05, 3.63) is 29.3 Å². The minimum Gasteiger partial charge on any atom is -0.324 e. The van der Waals surface area contributed by atoms with Crippen LogP contribution in [0.25, 0.3) is 0 Å². The first-order chi connectivity index (χ1) is 8.22. The lowest BCUT2D eigenvalue weighted by atomic mass is 10.2. The van der Waals surface area contributed by atoms with E-state index in [1.165, 1.54) is 12.1 Å². The SMILES string of the molecule is COP(=O)(O)Cc1cc(C)ccc1S(=O)(=O)OC. The summed E-state index contributed by atoms with van der Waals surface area (Å²) in [6.07, 6.45) is -0.386.